The Bertz CT molecular complexity index is 680. The molecule has 0 saturated carbocycles. The first-order valence-corrected chi connectivity index (χ1v) is 9.33. The van der Waals surface area contributed by atoms with Crippen molar-refractivity contribution in [2.24, 2.45) is 5.92 Å². The van der Waals surface area contributed by atoms with Gasteiger partial charge in [0, 0.05) is 32.0 Å². The van der Waals surface area contributed by atoms with Crippen LogP contribution in [0, 0.1) is 5.92 Å². The molecule has 1 aromatic carbocycles. The van der Waals surface area contributed by atoms with E-state index >= 15 is 0 Å². The van der Waals surface area contributed by atoms with Gasteiger partial charge in [0.25, 0.3) is 0 Å². The molecular formula is C20H28N4O. The third kappa shape index (κ3) is 4.68. The van der Waals surface area contributed by atoms with E-state index in [1.807, 2.05) is 29.4 Å². The van der Waals surface area contributed by atoms with Crippen molar-refractivity contribution in [2.45, 2.75) is 52.0 Å². The minimum Gasteiger partial charge on any atom is -0.342 e. The summed E-state index contributed by atoms with van der Waals surface area (Å²) in [4.78, 5) is 14.6. The summed E-state index contributed by atoms with van der Waals surface area (Å²) in [6.07, 6.45) is 6.37. The summed E-state index contributed by atoms with van der Waals surface area (Å²) in [7, 11) is 0. The molecule has 2 heterocycles. The van der Waals surface area contributed by atoms with Crippen LogP contribution in [-0.4, -0.2) is 38.7 Å². The number of rotatable bonds is 6. The van der Waals surface area contributed by atoms with E-state index in [0.717, 1.165) is 44.6 Å². The highest BCUT2D eigenvalue weighted by Gasteiger charge is 2.25. The zero-order chi connectivity index (χ0) is 17.6. The molecule has 1 fully saturated rings. The molecule has 0 radical (unpaired) electrons. The summed E-state index contributed by atoms with van der Waals surface area (Å²) in [6, 6.07) is 10.6. The van der Waals surface area contributed by atoms with Crippen molar-refractivity contribution in [3.8, 4) is 0 Å². The molecule has 134 valence electrons. The Labute approximate surface area is 150 Å². The SMILES string of the molecule is CC(C)n1cnnc1CC1CCCN(C(=O)CCc2ccccc2)C1. The van der Waals surface area contributed by atoms with Crippen molar-refractivity contribution in [2.75, 3.05) is 13.1 Å². The van der Waals surface area contributed by atoms with E-state index in [4.69, 9.17) is 0 Å². The van der Waals surface area contributed by atoms with Crippen LogP contribution < -0.4 is 0 Å². The maximum atomic E-state index is 12.6. The molecule has 1 aromatic heterocycles. The van der Waals surface area contributed by atoms with E-state index in [0.29, 0.717) is 18.4 Å². The number of hydrogen-bond donors (Lipinski definition) is 0. The number of hydrogen-bond acceptors (Lipinski definition) is 3. The average Bonchev–Trinajstić information content (AvgIpc) is 3.09. The number of benzene rings is 1. The molecule has 1 aliphatic heterocycles. The molecule has 1 saturated heterocycles. The lowest BCUT2D eigenvalue weighted by Crippen LogP contribution is -2.40. The van der Waals surface area contributed by atoms with Gasteiger partial charge in [0.05, 0.1) is 0 Å². The fraction of sp³-hybridized carbons (Fsp3) is 0.550. The summed E-state index contributed by atoms with van der Waals surface area (Å²) >= 11 is 0. The Kier molecular flexibility index (Phi) is 5.84. The molecule has 0 aliphatic carbocycles. The standard InChI is InChI=1S/C20H28N4O/c1-16(2)24-15-21-22-19(24)13-18-9-6-12-23(14-18)20(25)11-10-17-7-4-3-5-8-17/h3-5,7-8,15-16,18H,6,9-14H2,1-2H3. The number of aryl methyl sites for hydroxylation is 1. The maximum absolute atomic E-state index is 12.6. The van der Waals surface area contributed by atoms with Crippen molar-refractivity contribution in [1.82, 2.24) is 19.7 Å². The second-order valence-corrected chi connectivity index (χ2v) is 7.29. The fourth-order valence-corrected chi connectivity index (χ4v) is 3.61. The quantitative estimate of drug-likeness (QED) is 0.811. The van der Waals surface area contributed by atoms with E-state index in [-0.39, 0.29) is 5.91 Å². The largest absolute Gasteiger partial charge is 0.342 e. The molecule has 0 bridgehead atoms. The molecule has 2 aromatic rings. The first kappa shape index (κ1) is 17.6. The molecule has 1 amide bonds. The zero-order valence-corrected chi connectivity index (χ0v) is 15.3. The van der Waals surface area contributed by atoms with Gasteiger partial charge in [-0.25, -0.2) is 0 Å². The second kappa shape index (κ2) is 8.28. The molecule has 1 atom stereocenters. The van der Waals surface area contributed by atoms with Crippen LogP contribution in [0.25, 0.3) is 0 Å². The van der Waals surface area contributed by atoms with Crippen LogP contribution in [0.15, 0.2) is 36.7 Å². The van der Waals surface area contributed by atoms with Crippen molar-refractivity contribution in [1.29, 1.82) is 0 Å². The van der Waals surface area contributed by atoms with Gasteiger partial charge >= 0.3 is 0 Å². The molecule has 1 unspecified atom stereocenters. The molecule has 0 N–H and O–H groups in total. The van der Waals surface area contributed by atoms with E-state index in [1.54, 1.807) is 0 Å². The van der Waals surface area contributed by atoms with Gasteiger partial charge < -0.3 is 9.47 Å². The predicted octanol–water partition coefficient (Wildman–Crippen LogP) is 3.27. The molecule has 1 aliphatic rings. The van der Waals surface area contributed by atoms with Crippen molar-refractivity contribution >= 4 is 5.91 Å². The topological polar surface area (TPSA) is 51.0 Å². The molecule has 0 spiro atoms. The van der Waals surface area contributed by atoms with E-state index in [9.17, 15) is 4.79 Å². The number of piperidine rings is 1. The highest BCUT2D eigenvalue weighted by atomic mass is 16.2. The lowest BCUT2D eigenvalue weighted by molar-refractivity contribution is -0.133. The predicted molar refractivity (Wildman–Crippen MR) is 98.2 cm³/mol. The Balaban J connectivity index is 1.53. The number of likely N-dealkylation sites (tertiary alicyclic amines) is 1. The number of amides is 1. The first-order chi connectivity index (χ1) is 12.1. The molecular weight excluding hydrogens is 312 g/mol. The highest BCUT2D eigenvalue weighted by Crippen LogP contribution is 2.22. The van der Waals surface area contributed by atoms with E-state index < -0.39 is 0 Å². The van der Waals surface area contributed by atoms with Gasteiger partial charge in [-0.05, 0) is 44.6 Å². The van der Waals surface area contributed by atoms with Gasteiger partial charge in [0.2, 0.25) is 5.91 Å². The Hall–Kier alpha value is -2.17. The van der Waals surface area contributed by atoms with Crippen LogP contribution in [0.4, 0.5) is 0 Å². The maximum Gasteiger partial charge on any atom is 0.222 e. The van der Waals surface area contributed by atoms with Crippen LogP contribution in [0.3, 0.4) is 0 Å². The summed E-state index contributed by atoms with van der Waals surface area (Å²) in [5, 5.41) is 8.35. The minimum absolute atomic E-state index is 0.277. The summed E-state index contributed by atoms with van der Waals surface area (Å²) < 4.78 is 2.14. The molecule has 5 nitrogen and oxygen atoms in total. The van der Waals surface area contributed by atoms with Crippen LogP contribution in [0.2, 0.25) is 0 Å². The van der Waals surface area contributed by atoms with Gasteiger partial charge in [-0.15, -0.1) is 10.2 Å². The van der Waals surface area contributed by atoms with Gasteiger partial charge in [-0.1, -0.05) is 30.3 Å². The van der Waals surface area contributed by atoms with Crippen molar-refractivity contribution in [3.05, 3.63) is 48.0 Å². The molecule has 3 rings (SSSR count). The van der Waals surface area contributed by atoms with Gasteiger partial charge in [0.15, 0.2) is 0 Å². The number of aromatic nitrogens is 3. The van der Waals surface area contributed by atoms with E-state index in [2.05, 4.69) is 40.7 Å². The third-order valence-electron chi connectivity index (χ3n) is 5.02. The summed E-state index contributed by atoms with van der Waals surface area (Å²) in [6.45, 7) is 6.03. The fourth-order valence-electron chi connectivity index (χ4n) is 3.61. The van der Waals surface area contributed by atoms with Crippen molar-refractivity contribution < 1.29 is 4.79 Å². The minimum atomic E-state index is 0.277. The van der Waals surface area contributed by atoms with Crippen LogP contribution in [0.5, 0.6) is 0 Å². The Morgan fingerprint density at radius 3 is 2.84 bits per heavy atom. The normalized spacial score (nSPS) is 17.9. The number of carbonyl (C=O) groups excluding carboxylic acids is 1. The summed E-state index contributed by atoms with van der Waals surface area (Å²) in [5.74, 6) is 1.80. The molecule has 5 heteroatoms. The smallest absolute Gasteiger partial charge is 0.222 e. The van der Waals surface area contributed by atoms with Crippen LogP contribution >= 0.6 is 0 Å². The lowest BCUT2D eigenvalue weighted by atomic mass is 9.94. The van der Waals surface area contributed by atoms with Crippen molar-refractivity contribution in [3.63, 3.8) is 0 Å². The highest BCUT2D eigenvalue weighted by molar-refractivity contribution is 5.76. The van der Waals surface area contributed by atoms with Gasteiger partial charge in [0.1, 0.15) is 12.2 Å². The lowest BCUT2D eigenvalue weighted by Gasteiger charge is -2.33. The zero-order valence-electron chi connectivity index (χ0n) is 15.3. The third-order valence-corrected chi connectivity index (χ3v) is 5.02. The Morgan fingerprint density at radius 2 is 2.08 bits per heavy atom. The van der Waals surface area contributed by atoms with Crippen LogP contribution in [0.1, 0.15) is 50.5 Å². The van der Waals surface area contributed by atoms with Gasteiger partial charge in [-0.2, -0.15) is 0 Å². The Morgan fingerprint density at radius 1 is 1.28 bits per heavy atom. The van der Waals surface area contributed by atoms with Crippen LogP contribution in [-0.2, 0) is 17.6 Å². The van der Waals surface area contributed by atoms with Gasteiger partial charge in [-0.3, -0.25) is 4.79 Å². The second-order valence-electron chi connectivity index (χ2n) is 7.29. The average molecular weight is 340 g/mol. The monoisotopic (exact) mass is 340 g/mol. The number of nitrogens with zero attached hydrogens (tertiary/aromatic N) is 4. The first-order valence-electron chi connectivity index (χ1n) is 9.33. The number of carbonyl (C=O) groups is 1. The summed E-state index contributed by atoms with van der Waals surface area (Å²) in [5.41, 5.74) is 1.23. The van der Waals surface area contributed by atoms with E-state index in [1.165, 1.54) is 5.56 Å². The molecule has 25 heavy (non-hydrogen) atoms.